The van der Waals surface area contributed by atoms with Crippen LogP contribution in [0, 0.1) is 0 Å². The molecule has 5 heteroatoms. The molecule has 0 aromatic heterocycles. The van der Waals surface area contributed by atoms with Crippen LogP contribution in [0.25, 0.3) is 11.1 Å². The Hall–Kier alpha value is -4.09. The molecule has 1 heterocycles. The number of hydrogen-bond acceptors (Lipinski definition) is 5. The minimum absolute atomic E-state index is 0.0752. The molecule has 1 unspecified atom stereocenters. The van der Waals surface area contributed by atoms with E-state index in [4.69, 9.17) is 4.74 Å². The van der Waals surface area contributed by atoms with Crippen molar-refractivity contribution < 1.29 is 19.7 Å². The fourth-order valence-corrected chi connectivity index (χ4v) is 4.52. The van der Waals surface area contributed by atoms with Crippen molar-refractivity contribution in [3.05, 3.63) is 114 Å². The first-order chi connectivity index (χ1) is 17.0. The van der Waals surface area contributed by atoms with Crippen molar-refractivity contribution in [1.82, 2.24) is 4.90 Å². The first-order valence-corrected chi connectivity index (χ1v) is 11.8. The Morgan fingerprint density at radius 3 is 2.31 bits per heavy atom. The highest BCUT2D eigenvalue weighted by Crippen LogP contribution is 2.31. The Bertz CT molecular complexity index is 1300. The van der Waals surface area contributed by atoms with Gasteiger partial charge < -0.3 is 14.9 Å². The van der Waals surface area contributed by atoms with E-state index in [1.807, 2.05) is 18.2 Å². The summed E-state index contributed by atoms with van der Waals surface area (Å²) in [6.45, 7) is 2.79. The number of ketones is 1. The van der Waals surface area contributed by atoms with Gasteiger partial charge in [-0.05, 0) is 77.7 Å². The number of ether oxygens (including phenoxy) is 1. The number of hydrogen-bond donors (Lipinski definition) is 2. The van der Waals surface area contributed by atoms with Crippen molar-refractivity contribution in [1.29, 1.82) is 0 Å². The molecule has 0 saturated carbocycles. The second-order valence-corrected chi connectivity index (χ2v) is 8.88. The van der Waals surface area contributed by atoms with E-state index < -0.39 is 0 Å². The molecular formula is C30H27NO4. The lowest BCUT2D eigenvalue weighted by molar-refractivity contribution is 0.103. The van der Waals surface area contributed by atoms with E-state index in [2.05, 4.69) is 29.2 Å². The molecule has 0 radical (unpaired) electrons. The van der Waals surface area contributed by atoms with Crippen LogP contribution in [-0.4, -0.2) is 40.1 Å². The number of rotatable bonds is 7. The highest BCUT2D eigenvalue weighted by atomic mass is 16.5. The average Bonchev–Trinajstić information content (AvgIpc) is 3.31. The number of benzene rings is 4. The van der Waals surface area contributed by atoms with Gasteiger partial charge in [-0.1, -0.05) is 42.5 Å². The Morgan fingerprint density at radius 2 is 1.57 bits per heavy atom. The van der Waals surface area contributed by atoms with Gasteiger partial charge >= 0.3 is 0 Å². The Kier molecular flexibility index (Phi) is 6.51. The summed E-state index contributed by atoms with van der Waals surface area (Å²) >= 11 is 0. The predicted octanol–water partition coefficient (Wildman–Crippen LogP) is 5.65. The predicted molar refractivity (Wildman–Crippen MR) is 136 cm³/mol. The van der Waals surface area contributed by atoms with Crippen molar-refractivity contribution in [2.24, 2.45) is 0 Å². The lowest BCUT2D eigenvalue weighted by atomic mass is 9.93. The summed E-state index contributed by atoms with van der Waals surface area (Å²) in [5.41, 5.74) is 3.68. The zero-order chi connectivity index (χ0) is 24.2. The van der Waals surface area contributed by atoms with Crippen LogP contribution in [-0.2, 0) is 6.54 Å². The summed E-state index contributed by atoms with van der Waals surface area (Å²) in [6.07, 6.45) is 1.09. The molecule has 1 fully saturated rings. The fraction of sp³-hybridized carbons (Fsp3) is 0.167. The van der Waals surface area contributed by atoms with Crippen LogP contribution in [0.3, 0.4) is 0 Å². The maximum Gasteiger partial charge on any atom is 0.193 e. The van der Waals surface area contributed by atoms with Gasteiger partial charge in [-0.2, -0.15) is 0 Å². The monoisotopic (exact) mass is 465 g/mol. The van der Waals surface area contributed by atoms with Gasteiger partial charge in [0, 0.05) is 30.8 Å². The van der Waals surface area contributed by atoms with Crippen molar-refractivity contribution in [2.75, 3.05) is 13.1 Å². The molecule has 0 aliphatic carbocycles. The molecule has 5 rings (SSSR count). The third-order valence-corrected chi connectivity index (χ3v) is 6.32. The van der Waals surface area contributed by atoms with Crippen molar-refractivity contribution in [3.8, 4) is 28.4 Å². The highest BCUT2D eigenvalue weighted by molar-refractivity contribution is 6.13. The largest absolute Gasteiger partial charge is 0.508 e. The van der Waals surface area contributed by atoms with E-state index in [0.717, 1.165) is 37.4 Å². The molecule has 4 aromatic carbocycles. The van der Waals surface area contributed by atoms with Crippen molar-refractivity contribution in [2.45, 2.75) is 19.1 Å². The molecule has 1 aliphatic heterocycles. The van der Waals surface area contributed by atoms with Crippen LogP contribution in [0.15, 0.2) is 97.1 Å². The molecule has 5 nitrogen and oxygen atoms in total. The molecule has 0 amide bonds. The smallest absolute Gasteiger partial charge is 0.193 e. The first-order valence-electron chi connectivity index (χ1n) is 11.8. The second kappa shape index (κ2) is 10.0. The van der Waals surface area contributed by atoms with E-state index in [9.17, 15) is 15.0 Å². The summed E-state index contributed by atoms with van der Waals surface area (Å²) in [6, 6.07) is 29.0. The van der Waals surface area contributed by atoms with E-state index in [1.54, 1.807) is 48.5 Å². The molecular weight excluding hydrogens is 438 g/mol. The fourth-order valence-electron chi connectivity index (χ4n) is 4.52. The third-order valence-electron chi connectivity index (χ3n) is 6.32. The van der Waals surface area contributed by atoms with E-state index in [1.165, 1.54) is 11.6 Å². The van der Waals surface area contributed by atoms with Crippen LogP contribution in [0.1, 0.15) is 27.9 Å². The van der Waals surface area contributed by atoms with Gasteiger partial charge in [0.2, 0.25) is 0 Å². The first kappa shape index (κ1) is 22.7. The SMILES string of the molecule is O=C(c1ccc(OC2CCN(Cc3ccccc3)C2)cc1)c1ccc(O)cc1-c1ccc(O)cc1. The highest BCUT2D eigenvalue weighted by Gasteiger charge is 2.24. The van der Waals surface area contributed by atoms with E-state index >= 15 is 0 Å². The van der Waals surface area contributed by atoms with Gasteiger partial charge in [-0.25, -0.2) is 0 Å². The number of nitrogens with zero attached hydrogens (tertiary/aromatic N) is 1. The number of phenols is 2. The number of carbonyl (C=O) groups excluding carboxylic acids is 1. The lowest BCUT2D eigenvalue weighted by Gasteiger charge is -2.17. The number of likely N-dealkylation sites (tertiary alicyclic amines) is 1. The van der Waals surface area contributed by atoms with Crippen LogP contribution in [0.5, 0.6) is 17.2 Å². The zero-order valence-electron chi connectivity index (χ0n) is 19.3. The van der Waals surface area contributed by atoms with Crippen molar-refractivity contribution >= 4 is 5.78 Å². The topological polar surface area (TPSA) is 70.0 Å². The van der Waals surface area contributed by atoms with Gasteiger partial charge in [-0.3, -0.25) is 9.69 Å². The quantitative estimate of drug-likeness (QED) is 0.345. The van der Waals surface area contributed by atoms with Crippen LogP contribution >= 0.6 is 0 Å². The number of carbonyl (C=O) groups is 1. The molecule has 1 atom stereocenters. The Balaban J connectivity index is 1.26. The van der Waals surface area contributed by atoms with Crippen LogP contribution in [0.2, 0.25) is 0 Å². The van der Waals surface area contributed by atoms with E-state index in [-0.39, 0.29) is 23.4 Å². The van der Waals surface area contributed by atoms with Gasteiger partial charge in [0.05, 0.1) is 0 Å². The molecule has 0 bridgehead atoms. The Morgan fingerprint density at radius 1 is 0.857 bits per heavy atom. The molecule has 2 N–H and O–H groups in total. The summed E-state index contributed by atoms with van der Waals surface area (Å²) in [7, 11) is 0. The van der Waals surface area contributed by atoms with Crippen LogP contribution in [0.4, 0.5) is 0 Å². The maximum absolute atomic E-state index is 13.3. The van der Waals surface area contributed by atoms with Gasteiger partial charge in [-0.15, -0.1) is 0 Å². The summed E-state index contributed by atoms with van der Waals surface area (Å²) in [4.78, 5) is 15.7. The molecule has 4 aromatic rings. The molecule has 1 saturated heterocycles. The molecule has 176 valence electrons. The third kappa shape index (κ3) is 5.36. The maximum atomic E-state index is 13.3. The van der Waals surface area contributed by atoms with Gasteiger partial charge in [0.25, 0.3) is 0 Å². The molecule has 0 spiro atoms. The van der Waals surface area contributed by atoms with Gasteiger partial charge in [0.1, 0.15) is 23.4 Å². The van der Waals surface area contributed by atoms with E-state index in [0.29, 0.717) is 16.7 Å². The van der Waals surface area contributed by atoms with Gasteiger partial charge in [0.15, 0.2) is 5.78 Å². The summed E-state index contributed by atoms with van der Waals surface area (Å²) in [5, 5.41) is 19.6. The zero-order valence-corrected chi connectivity index (χ0v) is 19.3. The standard InChI is InChI=1S/C30H27NO4/c32-24-10-6-22(7-11-24)29-18-25(33)12-15-28(29)30(34)23-8-13-26(14-9-23)35-27-16-17-31(20-27)19-21-4-2-1-3-5-21/h1-15,18,27,32-33H,16-17,19-20H2. The number of phenolic OH excluding ortho intramolecular Hbond substituents is 2. The molecule has 1 aliphatic rings. The summed E-state index contributed by atoms with van der Waals surface area (Å²) in [5.74, 6) is 0.821. The Labute approximate surface area is 204 Å². The summed E-state index contributed by atoms with van der Waals surface area (Å²) < 4.78 is 6.19. The van der Waals surface area contributed by atoms with Crippen LogP contribution < -0.4 is 4.74 Å². The average molecular weight is 466 g/mol. The second-order valence-electron chi connectivity index (χ2n) is 8.88. The lowest BCUT2D eigenvalue weighted by Crippen LogP contribution is -2.24. The minimum atomic E-state index is -0.144. The minimum Gasteiger partial charge on any atom is -0.508 e. The van der Waals surface area contributed by atoms with Crippen molar-refractivity contribution in [3.63, 3.8) is 0 Å². The molecule has 35 heavy (non-hydrogen) atoms. The number of aromatic hydroxyl groups is 2. The normalized spacial score (nSPS) is 15.7.